The largest absolute Gasteiger partial charge is 0.394 e. The molecule has 3 unspecified atom stereocenters. The smallest absolute Gasteiger partial charge is 0.249 e. The van der Waals surface area contributed by atoms with Crippen molar-refractivity contribution in [2.24, 2.45) is 0 Å². The molecule has 5 nitrogen and oxygen atoms in total. The van der Waals surface area contributed by atoms with Gasteiger partial charge in [-0.15, -0.1) is 0 Å². The molecule has 0 aromatic carbocycles. The quantitative estimate of drug-likeness (QED) is 0.0365. The van der Waals surface area contributed by atoms with E-state index in [2.05, 4.69) is 43.5 Å². The molecule has 0 heterocycles. The number of rotatable bonds is 45. The van der Waals surface area contributed by atoms with Crippen LogP contribution in [0.5, 0.6) is 0 Å². The Morgan fingerprint density at radius 2 is 0.732 bits per heavy atom. The van der Waals surface area contributed by atoms with Crippen molar-refractivity contribution in [2.45, 2.75) is 276 Å². The molecule has 0 aliphatic heterocycles. The molecule has 330 valence electrons. The van der Waals surface area contributed by atoms with Crippen molar-refractivity contribution in [1.29, 1.82) is 0 Å². The van der Waals surface area contributed by atoms with Crippen LogP contribution in [0, 0.1) is 0 Å². The number of carbonyl (C=O) groups is 1. The van der Waals surface area contributed by atoms with Gasteiger partial charge >= 0.3 is 0 Å². The zero-order valence-electron chi connectivity index (χ0n) is 37.5. The predicted molar refractivity (Wildman–Crippen MR) is 245 cm³/mol. The van der Waals surface area contributed by atoms with Crippen LogP contribution in [-0.4, -0.2) is 46.1 Å². The molecular weight excluding hydrogens is 691 g/mol. The van der Waals surface area contributed by atoms with Crippen molar-refractivity contribution in [3.8, 4) is 0 Å². The number of allylic oxidation sites excluding steroid dienone is 5. The van der Waals surface area contributed by atoms with Gasteiger partial charge in [-0.2, -0.15) is 0 Å². The van der Waals surface area contributed by atoms with E-state index < -0.39 is 24.2 Å². The maximum atomic E-state index is 12.5. The van der Waals surface area contributed by atoms with Gasteiger partial charge in [-0.1, -0.05) is 237 Å². The lowest BCUT2D eigenvalue weighted by Crippen LogP contribution is -2.48. The highest BCUT2D eigenvalue weighted by Crippen LogP contribution is 2.16. The fraction of sp³-hybridized carbons (Fsp3) is 0.863. The number of amides is 1. The summed E-state index contributed by atoms with van der Waals surface area (Å²) < 4.78 is 0. The third kappa shape index (κ3) is 40.8. The minimum atomic E-state index is -1.11. The number of aliphatic hydroxyl groups is 3. The summed E-state index contributed by atoms with van der Waals surface area (Å²) in [4.78, 5) is 12.5. The van der Waals surface area contributed by atoms with Gasteiger partial charge in [-0.3, -0.25) is 4.79 Å². The summed E-state index contributed by atoms with van der Waals surface area (Å²) in [5.41, 5.74) is 0. The Labute approximate surface area is 349 Å². The Balaban J connectivity index is 3.66. The molecule has 0 saturated heterocycles. The SMILES string of the molecule is CCCCCCCCCCCCCC/C=C\CCCCCCCCCC(O)C(=O)NC(CO)C(O)/C=C/CC/C=C/CCCCCCCCCCCCCCC. The van der Waals surface area contributed by atoms with Crippen LogP contribution in [0.2, 0.25) is 0 Å². The molecule has 4 N–H and O–H groups in total. The lowest BCUT2D eigenvalue weighted by atomic mass is 10.0. The lowest BCUT2D eigenvalue weighted by molar-refractivity contribution is -0.131. The molecule has 0 aromatic rings. The van der Waals surface area contributed by atoms with Crippen LogP contribution < -0.4 is 5.32 Å². The molecule has 0 radical (unpaired) electrons. The van der Waals surface area contributed by atoms with Gasteiger partial charge in [0.25, 0.3) is 0 Å². The molecular formula is C51H97NO4. The summed E-state index contributed by atoms with van der Waals surface area (Å²) in [6.07, 6.45) is 59.1. The third-order valence-electron chi connectivity index (χ3n) is 11.5. The fourth-order valence-electron chi connectivity index (χ4n) is 7.55. The standard InChI is InChI=1S/C51H97NO4/c1-3-5-7-9-11-13-15-17-19-21-23-24-25-26-28-30-32-34-36-38-40-42-44-46-50(55)51(56)52-48(47-53)49(54)45-43-41-39-37-35-33-31-29-27-22-20-18-16-14-12-10-8-6-4-2/h26,28,35,37,43,45,48-50,53-55H,3-25,27,29-34,36,38-42,44,46-47H2,1-2H3,(H,52,56)/b28-26-,37-35+,45-43+. The van der Waals surface area contributed by atoms with Gasteiger partial charge in [0.2, 0.25) is 5.91 Å². The summed E-state index contributed by atoms with van der Waals surface area (Å²) in [5, 5.41) is 33.2. The topological polar surface area (TPSA) is 89.8 Å². The maximum Gasteiger partial charge on any atom is 0.249 e. The van der Waals surface area contributed by atoms with E-state index in [0.29, 0.717) is 6.42 Å². The van der Waals surface area contributed by atoms with Crippen LogP contribution in [0.1, 0.15) is 258 Å². The Morgan fingerprint density at radius 1 is 0.429 bits per heavy atom. The van der Waals surface area contributed by atoms with Crippen LogP contribution in [0.3, 0.4) is 0 Å². The number of hydrogen-bond acceptors (Lipinski definition) is 4. The lowest BCUT2D eigenvalue weighted by Gasteiger charge is -2.21. The van der Waals surface area contributed by atoms with E-state index in [9.17, 15) is 20.1 Å². The first-order chi connectivity index (χ1) is 27.6. The van der Waals surface area contributed by atoms with Gasteiger partial charge in [0.15, 0.2) is 0 Å². The van der Waals surface area contributed by atoms with Crippen LogP contribution >= 0.6 is 0 Å². The van der Waals surface area contributed by atoms with Crippen molar-refractivity contribution in [1.82, 2.24) is 5.32 Å². The summed E-state index contributed by atoms with van der Waals surface area (Å²) in [6.45, 7) is 4.19. The Kier molecular flexibility index (Phi) is 45.1. The molecule has 0 aromatic heterocycles. The molecule has 0 fully saturated rings. The maximum absolute atomic E-state index is 12.5. The van der Waals surface area contributed by atoms with E-state index in [1.807, 2.05) is 6.08 Å². The highest BCUT2D eigenvalue weighted by molar-refractivity contribution is 5.80. The zero-order valence-corrected chi connectivity index (χ0v) is 37.5. The molecule has 3 atom stereocenters. The van der Waals surface area contributed by atoms with Crippen LogP contribution in [-0.2, 0) is 4.79 Å². The molecule has 0 rings (SSSR count). The number of nitrogens with one attached hydrogen (secondary N) is 1. The van der Waals surface area contributed by atoms with Crippen LogP contribution in [0.15, 0.2) is 36.5 Å². The molecule has 0 spiro atoms. The zero-order chi connectivity index (χ0) is 40.8. The Morgan fingerprint density at radius 3 is 1.09 bits per heavy atom. The number of unbranched alkanes of at least 4 members (excludes halogenated alkanes) is 33. The Bertz CT molecular complexity index is 870. The van der Waals surface area contributed by atoms with Gasteiger partial charge in [0.05, 0.1) is 18.8 Å². The fourth-order valence-corrected chi connectivity index (χ4v) is 7.55. The first-order valence-electron chi connectivity index (χ1n) is 24.8. The van der Waals surface area contributed by atoms with Gasteiger partial charge in [0.1, 0.15) is 6.10 Å². The average Bonchev–Trinajstić information content (AvgIpc) is 3.20. The highest BCUT2D eigenvalue weighted by atomic mass is 16.3. The molecule has 0 aliphatic carbocycles. The second kappa shape index (κ2) is 46.3. The van der Waals surface area contributed by atoms with Crippen molar-refractivity contribution in [3.63, 3.8) is 0 Å². The second-order valence-corrected chi connectivity index (χ2v) is 17.0. The first-order valence-corrected chi connectivity index (χ1v) is 24.8. The van der Waals surface area contributed by atoms with E-state index in [-0.39, 0.29) is 6.61 Å². The molecule has 56 heavy (non-hydrogen) atoms. The minimum Gasteiger partial charge on any atom is -0.394 e. The molecule has 0 saturated carbocycles. The van der Waals surface area contributed by atoms with E-state index in [1.165, 1.54) is 199 Å². The minimum absolute atomic E-state index is 0.377. The first kappa shape index (κ1) is 54.6. The van der Waals surface area contributed by atoms with E-state index in [4.69, 9.17) is 0 Å². The number of hydrogen-bond donors (Lipinski definition) is 4. The molecule has 0 bridgehead atoms. The predicted octanol–water partition coefficient (Wildman–Crippen LogP) is 14.7. The molecule has 1 amide bonds. The highest BCUT2D eigenvalue weighted by Gasteiger charge is 2.22. The third-order valence-corrected chi connectivity index (χ3v) is 11.5. The molecule has 5 heteroatoms. The summed E-state index contributed by atoms with van der Waals surface area (Å²) in [5.74, 6) is -0.514. The normalized spacial score (nSPS) is 13.7. The average molecular weight is 788 g/mol. The monoisotopic (exact) mass is 788 g/mol. The number of carbonyl (C=O) groups excluding carboxylic acids is 1. The van der Waals surface area contributed by atoms with Crippen molar-refractivity contribution in [2.75, 3.05) is 6.61 Å². The van der Waals surface area contributed by atoms with Gasteiger partial charge in [-0.25, -0.2) is 0 Å². The van der Waals surface area contributed by atoms with Crippen molar-refractivity contribution >= 4 is 5.91 Å². The van der Waals surface area contributed by atoms with Gasteiger partial charge in [-0.05, 0) is 57.8 Å². The van der Waals surface area contributed by atoms with Crippen molar-refractivity contribution < 1.29 is 20.1 Å². The number of aliphatic hydroxyl groups excluding tert-OH is 3. The van der Waals surface area contributed by atoms with E-state index >= 15 is 0 Å². The van der Waals surface area contributed by atoms with Crippen LogP contribution in [0.25, 0.3) is 0 Å². The van der Waals surface area contributed by atoms with Crippen molar-refractivity contribution in [3.05, 3.63) is 36.5 Å². The Hall–Kier alpha value is -1.43. The van der Waals surface area contributed by atoms with E-state index in [1.54, 1.807) is 6.08 Å². The summed E-state index contributed by atoms with van der Waals surface area (Å²) in [7, 11) is 0. The summed E-state index contributed by atoms with van der Waals surface area (Å²) in [6, 6.07) is -0.816. The molecule has 0 aliphatic rings. The van der Waals surface area contributed by atoms with Gasteiger partial charge < -0.3 is 20.6 Å². The second-order valence-electron chi connectivity index (χ2n) is 17.0. The van der Waals surface area contributed by atoms with Crippen LogP contribution in [0.4, 0.5) is 0 Å². The summed E-state index contributed by atoms with van der Waals surface area (Å²) >= 11 is 0. The van der Waals surface area contributed by atoms with Gasteiger partial charge in [0, 0.05) is 0 Å². The van der Waals surface area contributed by atoms with E-state index in [0.717, 1.165) is 38.5 Å².